The summed E-state index contributed by atoms with van der Waals surface area (Å²) in [7, 11) is 0. The number of alkyl halides is 15. The first kappa shape index (κ1) is 79.5. The van der Waals surface area contributed by atoms with E-state index in [0.717, 1.165) is 101 Å². The zero-order chi connectivity index (χ0) is 76.2. The van der Waals surface area contributed by atoms with Crippen LogP contribution in [0.5, 0.6) is 23.0 Å². The largest absolute Gasteiger partial charge is 0.457 e. The highest BCUT2D eigenvalue weighted by molar-refractivity contribution is 5.68. The fraction of sp³-hybridized carbons (Fsp3) is 0.221. The number of hydrogen-bond donors (Lipinski definition) is 0. The molecule has 0 radical (unpaired) electrons. The molecule has 0 atom stereocenters. The van der Waals surface area contributed by atoms with E-state index in [9.17, 15) is 101 Å². The summed E-state index contributed by atoms with van der Waals surface area (Å²) >= 11 is 0. The molecule has 0 saturated carbocycles. The van der Waals surface area contributed by atoms with Crippen LogP contribution in [0, 0.1) is 109 Å². The van der Waals surface area contributed by atoms with Crippen LogP contribution in [0.2, 0.25) is 0 Å². The minimum atomic E-state index is -5.69. The molecule has 25 heteroatoms. The van der Waals surface area contributed by atoms with Crippen molar-refractivity contribution in [1.82, 2.24) is 0 Å². The number of aryl methyl sites for hydroxylation is 7. The molecular formula is C77H59F23O2. The first-order chi connectivity index (χ1) is 47.3. The highest BCUT2D eigenvalue weighted by Crippen LogP contribution is 2.58. The summed E-state index contributed by atoms with van der Waals surface area (Å²) in [6.45, 7) is 13.9. The standard InChI is InChI=1S/C29H22F6O2.C17H14F6.C17H17F3.C14H6F8/c1-19-3-11-23(12-4-19)36-25-15-7-21(8-16-25)27(28(30,31)32,29(33,34)35)22-9-17-26(18-10-22)37-24-13-5-20(2)6-14-24;1-11-3-7-13(8-4-11)15(16(18,19)20,17(21,22)23)14-9-5-12(2)6-10-14;1-11-4-6-14(13(3)8-11)10-15-7-5-12(2)9-16(15)17(18,19)20;1-3-7(15)11(19)5(12(20)8(3)16)6-13(21)9(17)4(2)10(18)14(6)22/h3-18H,1-2H3;3-10H,1-2H3;4-9H,10H2,1-3H3;1-2H3. The van der Waals surface area contributed by atoms with Crippen molar-refractivity contribution in [3.05, 3.63) is 318 Å². The second-order valence-electron chi connectivity index (χ2n) is 23.9. The molecule has 10 aromatic rings. The Morgan fingerprint density at radius 1 is 0.255 bits per heavy atom. The maximum atomic E-state index is 14.4. The molecular weight excluding hydrogens is 1390 g/mol. The van der Waals surface area contributed by atoms with Gasteiger partial charge in [-0.3, -0.25) is 0 Å². The third-order valence-corrected chi connectivity index (χ3v) is 16.4. The first-order valence-corrected chi connectivity index (χ1v) is 30.3. The SMILES string of the molecule is Cc1c(F)c(F)c(-c2c(F)c(F)c(C)c(F)c2F)c(F)c1F.Cc1ccc(C(c2ccc(C)cc2)(C(F)(F)F)C(F)(F)F)cc1.Cc1ccc(Cc2ccc(C)cc2C(F)(F)F)c(C)c1.Cc1ccc(Oc2ccc(C(c3ccc(Oc4ccc(C)cc4)cc3)(C(F)(F)F)C(F)(F)F)cc2)cc1. The van der Waals surface area contributed by atoms with Gasteiger partial charge in [-0.25, -0.2) is 35.1 Å². The van der Waals surface area contributed by atoms with Gasteiger partial charge < -0.3 is 9.47 Å². The van der Waals surface area contributed by atoms with Crippen molar-refractivity contribution >= 4 is 0 Å². The molecule has 0 unspecified atom stereocenters. The van der Waals surface area contributed by atoms with E-state index in [1.165, 1.54) is 30.3 Å². The summed E-state index contributed by atoms with van der Waals surface area (Å²) in [5.41, 5.74) is -11.2. The second kappa shape index (κ2) is 30.8. The Morgan fingerprint density at radius 2 is 0.480 bits per heavy atom. The van der Waals surface area contributed by atoms with Crippen molar-refractivity contribution in [2.24, 2.45) is 0 Å². The Morgan fingerprint density at radius 3 is 0.735 bits per heavy atom. The van der Waals surface area contributed by atoms with Gasteiger partial charge >= 0.3 is 30.9 Å². The predicted molar refractivity (Wildman–Crippen MR) is 339 cm³/mol. The highest BCUT2D eigenvalue weighted by Gasteiger charge is 2.73. The highest BCUT2D eigenvalue weighted by atomic mass is 19.4. The fourth-order valence-corrected chi connectivity index (χ4v) is 10.9. The lowest BCUT2D eigenvalue weighted by Gasteiger charge is -2.38. The van der Waals surface area contributed by atoms with Crippen LogP contribution in [-0.4, -0.2) is 24.7 Å². The van der Waals surface area contributed by atoms with Gasteiger partial charge in [0, 0.05) is 11.1 Å². The molecule has 0 heterocycles. The predicted octanol–water partition coefficient (Wildman–Crippen LogP) is 25.3. The Labute approximate surface area is 570 Å². The summed E-state index contributed by atoms with van der Waals surface area (Å²) in [5.74, 6) is -15.3. The Hall–Kier alpha value is -9.81. The summed E-state index contributed by atoms with van der Waals surface area (Å²) < 4.78 is 328. The smallest absolute Gasteiger partial charge is 0.416 e. The lowest BCUT2D eigenvalue weighted by atomic mass is 9.72. The van der Waals surface area contributed by atoms with E-state index in [4.69, 9.17) is 9.47 Å². The summed E-state index contributed by atoms with van der Waals surface area (Å²) in [6, 6.07) is 40.1. The van der Waals surface area contributed by atoms with E-state index in [1.54, 1.807) is 81.4 Å². The Balaban J connectivity index is 0.000000197. The number of hydrogen-bond acceptors (Lipinski definition) is 2. The van der Waals surface area contributed by atoms with E-state index in [2.05, 4.69) is 0 Å². The number of benzene rings is 10. The molecule has 0 amide bonds. The van der Waals surface area contributed by atoms with Crippen molar-refractivity contribution in [3.63, 3.8) is 0 Å². The maximum absolute atomic E-state index is 14.4. The van der Waals surface area contributed by atoms with Crippen LogP contribution in [0.4, 0.5) is 101 Å². The monoisotopic (exact) mass is 1450 g/mol. The zero-order valence-electron chi connectivity index (χ0n) is 55.0. The van der Waals surface area contributed by atoms with Crippen molar-refractivity contribution in [3.8, 4) is 34.1 Å². The van der Waals surface area contributed by atoms with Crippen LogP contribution in [0.15, 0.2) is 182 Å². The average Bonchev–Trinajstić information content (AvgIpc) is 0.726. The third kappa shape index (κ3) is 16.9. The van der Waals surface area contributed by atoms with Gasteiger partial charge in [0.1, 0.15) is 23.0 Å². The summed E-state index contributed by atoms with van der Waals surface area (Å²) in [6.07, 6.45) is -26.4. The van der Waals surface area contributed by atoms with Crippen LogP contribution in [0.3, 0.4) is 0 Å². The molecule has 102 heavy (non-hydrogen) atoms. The molecule has 0 aliphatic heterocycles. The molecule has 540 valence electrons. The average molecular weight is 1450 g/mol. The van der Waals surface area contributed by atoms with Gasteiger partial charge in [0.25, 0.3) is 0 Å². The van der Waals surface area contributed by atoms with Crippen molar-refractivity contribution in [2.75, 3.05) is 0 Å². The van der Waals surface area contributed by atoms with Crippen LogP contribution < -0.4 is 9.47 Å². The lowest BCUT2D eigenvalue weighted by Crippen LogP contribution is -2.54. The van der Waals surface area contributed by atoms with Gasteiger partial charge in [0.15, 0.2) is 46.5 Å². The summed E-state index contributed by atoms with van der Waals surface area (Å²) in [4.78, 5) is 0. The minimum absolute atomic E-state index is 0.104. The van der Waals surface area contributed by atoms with Crippen LogP contribution in [-0.2, 0) is 23.4 Å². The van der Waals surface area contributed by atoms with Gasteiger partial charge in [0.05, 0.1) is 16.7 Å². The molecule has 0 fully saturated rings. The first-order valence-electron chi connectivity index (χ1n) is 30.3. The molecule has 0 aliphatic carbocycles. The molecule has 0 saturated heterocycles. The van der Waals surface area contributed by atoms with Gasteiger partial charge in [-0.05, 0) is 162 Å². The normalized spacial score (nSPS) is 12.2. The van der Waals surface area contributed by atoms with Crippen molar-refractivity contribution in [1.29, 1.82) is 0 Å². The molecule has 2 nitrogen and oxygen atoms in total. The maximum Gasteiger partial charge on any atom is 0.416 e. The molecule has 0 aromatic heterocycles. The molecule has 0 bridgehead atoms. The molecule has 10 aromatic carbocycles. The van der Waals surface area contributed by atoms with E-state index >= 15 is 0 Å². The zero-order valence-corrected chi connectivity index (χ0v) is 55.0. The topological polar surface area (TPSA) is 18.5 Å². The van der Waals surface area contributed by atoms with Gasteiger partial charge in [-0.15, -0.1) is 0 Å². The molecule has 10 rings (SSSR count). The van der Waals surface area contributed by atoms with Gasteiger partial charge in [0.2, 0.25) is 10.8 Å². The second-order valence-corrected chi connectivity index (χ2v) is 23.9. The molecule has 0 spiro atoms. The minimum Gasteiger partial charge on any atom is -0.457 e. The van der Waals surface area contributed by atoms with E-state index < -0.39 is 138 Å². The number of ether oxygens (including phenoxy) is 2. The van der Waals surface area contributed by atoms with Crippen molar-refractivity contribution < 1.29 is 110 Å². The van der Waals surface area contributed by atoms with E-state index in [1.807, 2.05) is 45.9 Å². The molecule has 0 aliphatic rings. The third-order valence-electron chi connectivity index (χ3n) is 16.4. The fourth-order valence-electron chi connectivity index (χ4n) is 10.9. The lowest BCUT2D eigenvalue weighted by molar-refractivity contribution is -0.290. The quantitative estimate of drug-likeness (QED) is 0.0949. The van der Waals surface area contributed by atoms with Crippen molar-refractivity contribution in [2.45, 2.75) is 110 Å². The number of halogens is 23. The van der Waals surface area contributed by atoms with Crippen LogP contribution in [0.1, 0.15) is 89.0 Å². The number of rotatable bonds is 11. The summed E-state index contributed by atoms with van der Waals surface area (Å²) in [5, 5.41) is 0. The van der Waals surface area contributed by atoms with Gasteiger partial charge in [-0.1, -0.05) is 161 Å². The van der Waals surface area contributed by atoms with Gasteiger partial charge in [-0.2, -0.15) is 65.9 Å². The Kier molecular flexibility index (Phi) is 24.0. The molecule has 0 N–H and O–H groups in total. The van der Waals surface area contributed by atoms with E-state index in [-0.39, 0.29) is 11.5 Å². The Bertz CT molecular complexity index is 4260. The van der Waals surface area contributed by atoms with Crippen LogP contribution in [0.25, 0.3) is 11.1 Å². The van der Waals surface area contributed by atoms with E-state index in [0.29, 0.717) is 54.0 Å². The van der Waals surface area contributed by atoms with Crippen LogP contribution >= 0.6 is 0 Å².